The minimum Gasteiger partial charge on any atom is -0.290 e. The van der Waals surface area contributed by atoms with Gasteiger partial charge in [-0.2, -0.15) is 5.26 Å². The van der Waals surface area contributed by atoms with E-state index in [1.165, 1.54) is 0 Å². The van der Waals surface area contributed by atoms with Crippen LogP contribution in [0.1, 0.15) is 11.6 Å². The van der Waals surface area contributed by atoms with Gasteiger partial charge in [-0.25, -0.2) is 0 Å². The Kier molecular flexibility index (Phi) is 3.77. The van der Waals surface area contributed by atoms with Crippen molar-refractivity contribution in [1.82, 2.24) is 4.90 Å². The zero-order valence-corrected chi connectivity index (χ0v) is 9.47. The van der Waals surface area contributed by atoms with Gasteiger partial charge in [0, 0.05) is 5.56 Å². The number of halogens is 2. The van der Waals surface area contributed by atoms with Crippen LogP contribution >= 0.6 is 23.2 Å². The van der Waals surface area contributed by atoms with Crippen molar-refractivity contribution in [2.24, 2.45) is 0 Å². The molecule has 0 saturated heterocycles. The molecule has 0 saturated carbocycles. The van der Waals surface area contributed by atoms with Crippen LogP contribution in [0.3, 0.4) is 0 Å². The van der Waals surface area contributed by atoms with E-state index < -0.39 is 0 Å². The molecule has 2 nitrogen and oxygen atoms in total. The zero-order valence-electron chi connectivity index (χ0n) is 7.96. The molecule has 0 aromatic heterocycles. The predicted molar refractivity (Wildman–Crippen MR) is 58.5 cm³/mol. The van der Waals surface area contributed by atoms with Gasteiger partial charge in [0.25, 0.3) is 0 Å². The van der Waals surface area contributed by atoms with Crippen molar-refractivity contribution >= 4 is 23.2 Å². The Morgan fingerprint density at radius 3 is 2.50 bits per heavy atom. The third kappa shape index (κ3) is 2.19. The zero-order chi connectivity index (χ0) is 10.7. The number of hydrogen-bond acceptors (Lipinski definition) is 2. The van der Waals surface area contributed by atoms with Gasteiger partial charge in [0.15, 0.2) is 0 Å². The Balaban J connectivity index is 3.19. The van der Waals surface area contributed by atoms with E-state index >= 15 is 0 Å². The second-order valence-electron chi connectivity index (χ2n) is 3.14. The van der Waals surface area contributed by atoms with Gasteiger partial charge in [-0.1, -0.05) is 35.3 Å². The SMILES string of the molecule is CN(C)[C@H](C#N)c1cccc(Cl)c1Cl. The number of hydrogen-bond donors (Lipinski definition) is 0. The summed E-state index contributed by atoms with van der Waals surface area (Å²) in [5.74, 6) is 0. The molecule has 0 aliphatic rings. The third-order valence-corrected chi connectivity index (χ3v) is 2.75. The molecule has 0 spiro atoms. The number of rotatable bonds is 2. The molecule has 0 aliphatic carbocycles. The van der Waals surface area contributed by atoms with E-state index in [-0.39, 0.29) is 6.04 Å². The molecule has 1 rings (SSSR count). The average Bonchev–Trinajstić information content (AvgIpc) is 2.13. The fourth-order valence-corrected chi connectivity index (χ4v) is 1.61. The summed E-state index contributed by atoms with van der Waals surface area (Å²) in [5.41, 5.74) is 0.742. The highest BCUT2D eigenvalue weighted by molar-refractivity contribution is 6.42. The van der Waals surface area contributed by atoms with Crippen LogP contribution < -0.4 is 0 Å². The van der Waals surface area contributed by atoms with E-state index in [4.69, 9.17) is 28.5 Å². The summed E-state index contributed by atoms with van der Waals surface area (Å²) in [6.45, 7) is 0. The Labute approximate surface area is 93.7 Å². The molecular formula is C10H10Cl2N2. The van der Waals surface area contributed by atoms with E-state index in [2.05, 4.69) is 6.07 Å². The molecule has 1 aromatic carbocycles. The van der Waals surface area contributed by atoms with Crippen LogP contribution in [0.5, 0.6) is 0 Å². The molecule has 1 atom stereocenters. The second kappa shape index (κ2) is 4.65. The maximum absolute atomic E-state index is 8.97. The van der Waals surface area contributed by atoms with Gasteiger partial charge < -0.3 is 0 Å². The van der Waals surface area contributed by atoms with E-state index in [9.17, 15) is 0 Å². The van der Waals surface area contributed by atoms with Crippen molar-refractivity contribution in [2.75, 3.05) is 14.1 Å². The Bertz CT molecular complexity index is 369. The largest absolute Gasteiger partial charge is 0.290 e. The molecule has 0 bridgehead atoms. The summed E-state index contributed by atoms with van der Waals surface area (Å²) in [4.78, 5) is 1.79. The van der Waals surface area contributed by atoms with Crippen molar-refractivity contribution in [3.8, 4) is 6.07 Å². The average molecular weight is 229 g/mol. The van der Waals surface area contributed by atoms with Crippen molar-refractivity contribution < 1.29 is 0 Å². The van der Waals surface area contributed by atoms with Crippen LogP contribution in [0.4, 0.5) is 0 Å². The van der Waals surface area contributed by atoms with E-state index in [1.54, 1.807) is 17.0 Å². The number of nitriles is 1. The molecule has 0 N–H and O–H groups in total. The molecule has 0 amide bonds. The normalized spacial score (nSPS) is 12.6. The van der Waals surface area contributed by atoms with Crippen LogP contribution in [0.25, 0.3) is 0 Å². The summed E-state index contributed by atoms with van der Waals surface area (Å²) in [6, 6.07) is 7.11. The highest BCUT2D eigenvalue weighted by Gasteiger charge is 2.17. The molecule has 0 fully saturated rings. The van der Waals surface area contributed by atoms with Gasteiger partial charge in [-0.15, -0.1) is 0 Å². The number of nitrogens with zero attached hydrogens (tertiary/aromatic N) is 2. The van der Waals surface area contributed by atoms with Crippen LogP contribution in [0.2, 0.25) is 10.0 Å². The first-order chi connectivity index (χ1) is 6.57. The highest BCUT2D eigenvalue weighted by atomic mass is 35.5. The van der Waals surface area contributed by atoms with Gasteiger partial charge in [-0.3, -0.25) is 4.90 Å². The van der Waals surface area contributed by atoms with E-state index in [1.807, 2.05) is 20.2 Å². The smallest absolute Gasteiger partial charge is 0.124 e. The van der Waals surface area contributed by atoms with Crippen molar-refractivity contribution in [3.05, 3.63) is 33.8 Å². The maximum Gasteiger partial charge on any atom is 0.124 e. The van der Waals surface area contributed by atoms with Crippen LogP contribution in [0, 0.1) is 11.3 Å². The summed E-state index contributed by atoms with van der Waals surface area (Å²) >= 11 is 11.9. The molecule has 74 valence electrons. The summed E-state index contributed by atoms with van der Waals surface area (Å²) in [6.07, 6.45) is 0. The molecule has 1 aromatic rings. The summed E-state index contributed by atoms with van der Waals surface area (Å²) < 4.78 is 0. The Hall–Kier alpha value is -0.750. The topological polar surface area (TPSA) is 27.0 Å². The van der Waals surface area contributed by atoms with Gasteiger partial charge in [0.1, 0.15) is 6.04 Å². The molecule has 0 radical (unpaired) electrons. The maximum atomic E-state index is 8.97. The van der Waals surface area contributed by atoms with Crippen LogP contribution in [0.15, 0.2) is 18.2 Å². The first-order valence-corrected chi connectivity index (χ1v) is 4.83. The van der Waals surface area contributed by atoms with Gasteiger partial charge in [-0.05, 0) is 20.2 Å². The lowest BCUT2D eigenvalue weighted by molar-refractivity contribution is 0.358. The minimum atomic E-state index is -0.360. The first-order valence-electron chi connectivity index (χ1n) is 4.08. The molecule has 0 aliphatic heterocycles. The molecule has 0 heterocycles. The Morgan fingerprint density at radius 2 is 2.00 bits per heavy atom. The quantitative estimate of drug-likeness (QED) is 0.778. The fraction of sp³-hybridized carbons (Fsp3) is 0.300. The van der Waals surface area contributed by atoms with Gasteiger partial charge in [0.05, 0.1) is 16.1 Å². The minimum absolute atomic E-state index is 0.360. The van der Waals surface area contributed by atoms with E-state index in [0.717, 1.165) is 5.56 Å². The van der Waals surface area contributed by atoms with Crippen molar-refractivity contribution in [3.63, 3.8) is 0 Å². The summed E-state index contributed by atoms with van der Waals surface area (Å²) in [5, 5.41) is 9.90. The number of benzene rings is 1. The lowest BCUT2D eigenvalue weighted by Gasteiger charge is -2.18. The first kappa shape index (κ1) is 11.3. The van der Waals surface area contributed by atoms with Crippen LogP contribution in [-0.4, -0.2) is 19.0 Å². The Morgan fingerprint density at radius 1 is 1.36 bits per heavy atom. The third-order valence-electron chi connectivity index (χ3n) is 1.91. The monoisotopic (exact) mass is 228 g/mol. The lowest BCUT2D eigenvalue weighted by atomic mass is 10.1. The van der Waals surface area contributed by atoms with Crippen molar-refractivity contribution in [1.29, 1.82) is 5.26 Å². The lowest BCUT2D eigenvalue weighted by Crippen LogP contribution is -2.18. The molecule has 0 unspecified atom stereocenters. The standard InChI is InChI=1S/C10H10Cl2N2/c1-14(2)9(6-13)7-4-3-5-8(11)10(7)12/h3-5,9H,1-2H3/t9-/m1/s1. The highest BCUT2D eigenvalue weighted by Crippen LogP contribution is 2.31. The molecule has 14 heavy (non-hydrogen) atoms. The van der Waals surface area contributed by atoms with Crippen molar-refractivity contribution in [2.45, 2.75) is 6.04 Å². The predicted octanol–water partition coefficient (Wildman–Crippen LogP) is 3.12. The van der Waals surface area contributed by atoms with E-state index in [0.29, 0.717) is 10.0 Å². The fourth-order valence-electron chi connectivity index (χ4n) is 1.19. The molecule has 4 heteroatoms. The summed E-state index contributed by atoms with van der Waals surface area (Å²) in [7, 11) is 3.65. The molecular weight excluding hydrogens is 219 g/mol. The van der Waals surface area contributed by atoms with Gasteiger partial charge >= 0.3 is 0 Å². The van der Waals surface area contributed by atoms with Crippen LogP contribution in [-0.2, 0) is 0 Å². The second-order valence-corrected chi connectivity index (χ2v) is 3.92. The van der Waals surface area contributed by atoms with Gasteiger partial charge in [0.2, 0.25) is 0 Å².